The van der Waals surface area contributed by atoms with Gasteiger partial charge in [-0.3, -0.25) is 4.79 Å². The topological polar surface area (TPSA) is 85.2 Å². The number of hydrogen-bond acceptors (Lipinski definition) is 5. The second-order valence-electron chi connectivity index (χ2n) is 7.19. The summed E-state index contributed by atoms with van der Waals surface area (Å²) in [7, 11) is 0. The van der Waals surface area contributed by atoms with Crippen molar-refractivity contribution in [1.82, 2.24) is 15.0 Å². The summed E-state index contributed by atoms with van der Waals surface area (Å²) in [4.78, 5) is 19.1. The lowest BCUT2D eigenvalue weighted by atomic mass is 9.95. The fourth-order valence-electron chi connectivity index (χ4n) is 3.61. The van der Waals surface area contributed by atoms with Crippen molar-refractivity contribution in [1.29, 1.82) is 0 Å². The number of likely N-dealkylation sites (tertiary alicyclic amines) is 1. The molecule has 1 amide bonds. The van der Waals surface area contributed by atoms with Crippen LogP contribution in [0.1, 0.15) is 47.3 Å². The molecule has 6 nitrogen and oxygen atoms in total. The van der Waals surface area contributed by atoms with Crippen molar-refractivity contribution in [2.45, 2.75) is 31.7 Å². The first kappa shape index (κ1) is 19.3. The fourth-order valence-corrected chi connectivity index (χ4v) is 3.61. The summed E-state index contributed by atoms with van der Waals surface area (Å²) in [6.45, 7) is 5.23. The van der Waals surface area contributed by atoms with Crippen LogP contribution in [0.15, 0.2) is 47.1 Å². The molecule has 27 heavy (non-hydrogen) atoms. The van der Waals surface area contributed by atoms with Gasteiger partial charge in [0.05, 0.1) is 16.6 Å². The van der Waals surface area contributed by atoms with E-state index >= 15 is 0 Å². The number of nitrogens with zero attached hydrogens (tertiary/aromatic N) is 3. The third-order valence-corrected chi connectivity index (χ3v) is 5.03. The highest BCUT2D eigenvalue weighted by Gasteiger charge is 2.34. The summed E-state index contributed by atoms with van der Waals surface area (Å²) >= 11 is 0. The molecule has 1 aliphatic rings. The normalized spacial score (nSPS) is 19.5. The van der Waals surface area contributed by atoms with Crippen molar-refractivity contribution < 1.29 is 9.32 Å². The molecule has 1 saturated heterocycles. The number of rotatable bonds is 3. The van der Waals surface area contributed by atoms with E-state index in [1.807, 2.05) is 43.0 Å². The van der Waals surface area contributed by atoms with Crippen LogP contribution in [0.25, 0.3) is 11.1 Å². The van der Waals surface area contributed by atoms with E-state index in [9.17, 15) is 4.79 Å². The fraction of sp³-hybridized carbons (Fsp3) is 0.350. The third-order valence-electron chi connectivity index (χ3n) is 5.03. The maximum atomic E-state index is 13.0. The minimum atomic E-state index is -0.0696. The molecule has 2 N–H and O–H groups in total. The molecule has 1 fully saturated rings. The van der Waals surface area contributed by atoms with Crippen LogP contribution < -0.4 is 5.73 Å². The highest BCUT2D eigenvalue weighted by atomic mass is 35.5. The van der Waals surface area contributed by atoms with Gasteiger partial charge >= 0.3 is 0 Å². The van der Waals surface area contributed by atoms with Crippen molar-refractivity contribution in [3.63, 3.8) is 0 Å². The van der Waals surface area contributed by atoms with E-state index < -0.39 is 0 Å². The maximum absolute atomic E-state index is 13.0. The van der Waals surface area contributed by atoms with E-state index in [0.29, 0.717) is 24.4 Å². The zero-order valence-electron chi connectivity index (χ0n) is 15.3. The number of benzene rings is 1. The van der Waals surface area contributed by atoms with Gasteiger partial charge in [0.25, 0.3) is 11.6 Å². The van der Waals surface area contributed by atoms with Gasteiger partial charge in [-0.1, -0.05) is 49.3 Å². The molecule has 1 aliphatic heterocycles. The van der Waals surface area contributed by atoms with E-state index in [-0.39, 0.29) is 36.2 Å². The average Bonchev–Trinajstić information content (AvgIpc) is 3.25. The van der Waals surface area contributed by atoms with Gasteiger partial charge in [0.15, 0.2) is 0 Å². The molecular formula is C20H23ClN4O2. The van der Waals surface area contributed by atoms with Crippen molar-refractivity contribution in [2.75, 3.05) is 13.1 Å². The molecule has 3 aromatic rings. The van der Waals surface area contributed by atoms with Gasteiger partial charge in [0, 0.05) is 31.2 Å². The molecule has 4 rings (SSSR count). The van der Waals surface area contributed by atoms with Crippen molar-refractivity contribution in [2.24, 2.45) is 5.73 Å². The average molecular weight is 387 g/mol. The Morgan fingerprint density at radius 3 is 2.70 bits per heavy atom. The van der Waals surface area contributed by atoms with Gasteiger partial charge < -0.3 is 15.2 Å². The van der Waals surface area contributed by atoms with Gasteiger partial charge in [-0.05, 0) is 17.5 Å². The zero-order chi connectivity index (χ0) is 18.3. The lowest BCUT2D eigenvalue weighted by Crippen LogP contribution is -2.32. The molecule has 0 spiro atoms. The number of hydrogen-bond donors (Lipinski definition) is 1. The van der Waals surface area contributed by atoms with Crippen LogP contribution in [0.3, 0.4) is 0 Å². The SMILES string of the molecule is CC(C)c1noc2ncc(C(=O)N3C[C@@H](N)[C@H](c4ccccc4)C3)cc12.Cl. The molecule has 0 bridgehead atoms. The number of nitrogens with two attached hydrogens (primary N) is 1. The molecule has 0 unspecified atom stereocenters. The number of aromatic nitrogens is 2. The lowest BCUT2D eigenvalue weighted by Gasteiger charge is -2.16. The summed E-state index contributed by atoms with van der Waals surface area (Å²) in [5.41, 5.74) is 9.32. The summed E-state index contributed by atoms with van der Waals surface area (Å²) in [5.74, 6) is 0.300. The third kappa shape index (κ3) is 3.55. The molecule has 0 saturated carbocycles. The Hall–Kier alpha value is -2.44. The van der Waals surface area contributed by atoms with E-state index in [1.165, 1.54) is 5.56 Å². The molecule has 0 radical (unpaired) electrons. The highest BCUT2D eigenvalue weighted by molar-refractivity contribution is 5.97. The Morgan fingerprint density at radius 1 is 1.26 bits per heavy atom. The van der Waals surface area contributed by atoms with E-state index in [4.69, 9.17) is 10.3 Å². The molecule has 2 aromatic heterocycles. The highest BCUT2D eigenvalue weighted by Crippen LogP contribution is 2.29. The number of carbonyl (C=O) groups is 1. The Bertz CT molecular complexity index is 942. The monoisotopic (exact) mass is 386 g/mol. The van der Waals surface area contributed by atoms with Crippen LogP contribution >= 0.6 is 12.4 Å². The van der Waals surface area contributed by atoms with Crippen LogP contribution in [0.4, 0.5) is 0 Å². The molecule has 1 aromatic carbocycles. The maximum Gasteiger partial charge on any atom is 0.257 e. The summed E-state index contributed by atoms with van der Waals surface area (Å²) in [5, 5.41) is 4.87. The number of pyridine rings is 1. The Morgan fingerprint density at radius 2 is 2.00 bits per heavy atom. The smallest absolute Gasteiger partial charge is 0.257 e. The largest absolute Gasteiger partial charge is 0.336 e. The number of fused-ring (bicyclic) bond motifs is 1. The van der Waals surface area contributed by atoms with Gasteiger partial charge in [-0.2, -0.15) is 0 Å². The summed E-state index contributed by atoms with van der Waals surface area (Å²) in [6.07, 6.45) is 1.56. The molecule has 7 heteroatoms. The standard InChI is InChI=1S/C20H22N4O2.ClH/c1-12(2)18-15-8-14(9-22-19(15)26-23-18)20(25)24-10-16(17(21)11-24)13-6-4-3-5-7-13;/h3-9,12,16-17H,10-11,21H2,1-2H3;1H/t16-,17+;/m0./s1. The zero-order valence-corrected chi connectivity index (χ0v) is 16.1. The van der Waals surface area contributed by atoms with Crippen LogP contribution in [-0.2, 0) is 0 Å². The number of amides is 1. The summed E-state index contributed by atoms with van der Waals surface area (Å²) < 4.78 is 5.26. The quantitative estimate of drug-likeness (QED) is 0.746. The van der Waals surface area contributed by atoms with Gasteiger partial charge in [-0.25, -0.2) is 4.98 Å². The van der Waals surface area contributed by atoms with E-state index in [2.05, 4.69) is 22.3 Å². The van der Waals surface area contributed by atoms with Gasteiger partial charge in [0.2, 0.25) is 0 Å². The summed E-state index contributed by atoms with van der Waals surface area (Å²) in [6, 6.07) is 11.9. The predicted molar refractivity (Wildman–Crippen MR) is 106 cm³/mol. The van der Waals surface area contributed by atoms with E-state index in [0.717, 1.165) is 11.1 Å². The number of carbonyl (C=O) groups excluding carboxylic acids is 1. The van der Waals surface area contributed by atoms with Crippen molar-refractivity contribution >= 4 is 29.4 Å². The molecule has 3 heterocycles. The molecule has 2 atom stereocenters. The van der Waals surface area contributed by atoms with Crippen molar-refractivity contribution in [3.05, 3.63) is 59.4 Å². The van der Waals surface area contributed by atoms with Crippen LogP contribution in [0.5, 0.6) is 0 Å². The van der Waals surface area contributed by atoms with E-state index in [1.54, 1.807) is 6.20 Å². The minimum Gasteiger partial charge on any atom is -0.336 e. The van der Waals surface area contributed by atoms with Crippen LogP contribution in [0.2, 0.25) is 0 Å². The van der Waals surface area contributed by atoms with Crippen molar-refractivity contribution in [3.8, 4) is 0 Å². The van der Waals surface area contributed by atoms with Gasteiger partial charge in [0.1, 0.15) is 0 Å². The lowest BCUT2D eigenvalue weighted by molar-refractivity contribution is 0.0789. The second kappa shape index (κ2) is 7.66. The molecular weight excluding hydrogens is 364 g/mol. The Kier molecular flexibility index (Phi) is 5.48. The predicted octanol–water partition coefficient (Wildman–Crippen LogP) is 3.33. The first-order valence-corrected chi connectivity index (χ1v) is 8.89. The van der Waals surface area contributed by atoms with Gasteiger partial charge in [-0.15, -0.1) is 12.4 Å². The molecule has 142 valence electrons. The molecule has 0 aliphatic carbocycles. The Labute approximate surface area is 164 Å². The number of halogens is 1. The minimum absolute atomic E-state index is 0. The Balaban J connectivity index is 0.00000210. The first-order chi connectivity index (χ1) is 12.5. The van der Waals surface area contributed by atoms with Crippen LogP contribution in [0, 0.1) is 0 Å². The first-order valence-electron chi connectivity index (χ1n) is 8.89. The second-order valence-corrected chi connectivity index (χ2v) is 7.19. The van der Waals surface area contributed by atoms with Crippen LogP contribution in [-0.4, -0.2) is 40.1 Å².